The van der Waals surface area contributed by atoms with Gasteiger partial charge in [-0.2, -0.15) is 5.10 Å². The Kier molecular flexibility index (Phi) is 8.62. The Labute approximate surface area is 196 Å². The summed E-state index contributed by atoms with van der Waals surface area (Å²) in [5.74, 6) is 2.13. The van der Waals surface area contributed by atoms with Crippen molar-refractivity contribution in [3.8, 4) is 17.2 Å². The molecule has 5 nitrogen and oxygen atoms in total. The van der Waals surface area contributed by atoms with Crippen LogP contribution < -0.4 is 19.6 Å². The number of nitrogens with one attached hydrogen (secondary N) is 1. The van der Waals surface area contributed by atoms with E-state index >= 15 is 0 Å². The summed E-state index contributed by atoms with van der Waals surface area (Å²) in [6.45, 7) is 3.43. The molecule has 3 aromatic carbocycles. The minimum Gasteiger partial charge on any atom is -0.496 e. The fraction of sp³-hybridized carbons (Fsp3) is 0.208. The number of hydrogen-bond donors (Lipinski definition) is 1. The lowest BCUT2D eigenvalue weighted by Gasteiger charge is -2.15. The second kappa shape index (κ2) is 11.6. The van der Waals surface area contributed by atoms with Crippen LogP contribution in [0.5, 0.6) is 17.2 Å². The van der Waals surface area contributed by atoms with Gasteiger partial charge in [-0.25, -0.2) is 0 Å². The molecule has 0 aliphatic carbocycles. The highest BCUT2D eigenvalue weighted by atomic mass is 79.9. The van der Waals surface area contributed by atoms with Crippen LogP contribution in [0.3, 0.4) is 0 Å². The van der Waals surface area contributed by atoms with Crippen LogP contribution in [0.4, 0.5) is 0 Å². The molecule has 0 unspecified atom stereocenters. The van der Waals surface area contributed by atoms with Gasteiger partial charge < -0.3 is 19.6 Å². The molecular weight excluding hydrogens is 480 g/mol. The highest BCUT2D eigenvalue weighted by Gasteiger charge is 2.12. The van der Waals surface area contributed by atoms with Gasteiger partial charge in [-0.05, 0) is 64.3 Å². The summed E-state index contributed by atoms with van der Waals surface area (Å²) < 4.78 is 18.0. The second-order valence-electron chi connectivity index (χ2n) is 6.58. The van der Waals surface area contributed by atoms with Crippen molar-refractivity contribution in [2.24, 2.45) is 5.10 Å². The van der Waals surface area contributed by atoms with Crippen molar-refractivity contribution in [3.05, 3.63) is 86.8 Å². The molecule has 31 heavy (non-hydrogen) atoms. The maximum absolute atomic E-state index is 6.02. The van der Waals surface area contributed by atoms with E-state index in [2.05, 4.69) is 26.5 Å². The number of para-hydroxylation sites is 1. The molecule has 0 heterocycles. The van der Waals surface area contributed by atoms with E-state index < -0.39 is 0 Å². The van der Waals surface area contributed by atoms with Gasteiger partial charge in [-0.1, -0.05) is 41.9 Å². The molecule has 0 amide bonds. The molecule has 0 saturated heterocycles. The molecule has 0 bridgehead atoms. The van der Waals surface area contributed by atoms with E-state index in [0.29, 0.717) is 36.3 Å². The molecule has 0 radical (unpaired) electrons. The quantitative estimate of drug-likeness (QED) is 0.264. The van der Waals surface area contributed by atoms with Crippen LogP contribution in [0.1, 0.15) is 23.6 Å². The first-order valence-electron chi connectivity index (χ1n) is 9.82. The van der Waals surface area contributed by atoms with Crippen molar-refractivity contribution in [2.75, 3.05) is 13.7 Å². The van der Waals surface area contributed by atoms with Crippen molar-refractivity contribution in [3.63, 3.8) is 0 Å². The van der Waals surface area contributed by atoms with E-state index in [1.165, 1.54) is 0 Å². The summed E-state index contributed by atoms with van der Waals surface area (Å²) >= 11 is 9.54. The lowest BCUT2D eigenvalue weighted by atomic mass is 10.2. The maximum Gasteiger partial charge on any atom is 0.175 e. The number of nitrogens with zero attached hydrogens (tertiary/aromatic N) is 1. The van der Waals surface area contributed by atoms with Crippen molar-refractivity contribution < 1.29 is 14.2 Å². The zero-order valence-electron chi connectivity index (χ0n) is 17.4. The van der Waals surface area contributed by atoms with Gasteiger partial charge in [0.15, 0.2) is 11.5 Å². The molecule has 0 atom stereocenters. The van der Waals surface area contributed by atoms with Crippen LogP contribution in [0.15, 0.2) is 70.2 Å². The Bertz CT molecular complexity index is 1030. The highest BCUT2D eigenvalue weighted by molar-refractivity contribution is 9.10. The van der Waals surface area contributed by atoms with Crippen LogP contribution >= 0.6 is 27.5 Å². The number of hydrogen-bond acceptors (Lipinski definition) is 5. The van der Waals surface area contributed by atoms with Gasteiger partial charge in [0.1, 0.15) is 12.4 Å². The molecule has 0 fully saturated rings. The van der Waals surface area contributed by atoms with E-state index in [1.807, 2.05) is 67.6 Å². The summed E-state index contributed by atoms with van der Waals surface area (Å²) in [6, 6.07) is 19.2. The van der Waals surface area contributed by atoms with Gasteiger partial charge >= 0.3 is 0 Å². The smallest absolute Gasteiger partial charge is 0.175 e. The third kappa shape index (κ3) is 6.64. The van der Waals surface area contributed by atoms with Gasteiger partial charge in [-0.15, -0.1) is 0 Å². The standard InChI is InChI=1S/C24H24BrClN2O3/c1-3-30-23-13-18(14-27-28-15-19-6-4-5-7-22(19)29-2)12-21(25)24(23)31-16-17-8-10-20(26)11-9-17/h4-14,28H,3,15-16H2,1-2H3/b27-14+. The number of rotatable bonds is 10. The van der Waals surface area contributed by atoms with Crippen LogP contribution in [0.25, 0.3) is 0 Å². The monoisotopic (exact) mass is 502 g/mol. The van der Waals surface area contributed by atoms with Gasteiger partial charge in [0, 0.05) is 10.6 Å². The van der Waals surface area contributed by atoms with E-state index in [1.54, 1.807) is 13.3 Å². The Morgan fingerprint density at radius 2 is 1.81 bits per heavy atom. The zero-order chi connectivity index (χ0) is 22.1. The van der Waals surface area contributed by atoms with E-state index in [9.17, 15) is 0 Å². The molecule has 0 spiro atoms. The summed E-state index contributed by atoms with van der Waals surface area (Å²) in [4.78, 5) is 0. The van der Waals surface area contributed by atoms with Crippen LogP contribution in [-0.4, -0.2) is 19.9 Å². The average molecular weight is 504 g/mol. The van der Waals surface area contributed by atoms with Crippen LogP contribution in [0, 0.1) is 0 Å². The zero-order valence-corrected chi connectivity index (χ0v) is 19.7. The summed E-state index contributed by atoms with van der Waals surface area (Å²) in [6.07, 6.45) is 1.74. The molecular formula is C24H24BrClN2O3. The van der Waals surface area contributed by atoms with Gasteiger partial charge in [0.05, 0.1) is 30.9 Å². The minimum atomic E-state index is 0.406. The number of ether oxygens (including phenoxy) is 3. The predicted molar refractivity (Wildman–Crippen MR) is 129 cm³/mol. The van der Waals surface area contributed by atoms with Crippen LogP contribution in [0.2, 0.25) is 5.02 Å². The fourth-order valence-electron chi connectivity index (χ4n) is 2.90. The third-order valence-corrected chi connectivity index (χ3v) is 5.24. The maximum atomic E-state index is 6.02. The molecule has 0 aromatic heterocycles. The van der Waals surface area contributed by atoms with Crippen molar-refractivity contribution in [1.29, 1.82) is 0 Å². The lowest BCUT2D eigenvalue weighted by Crippen LogP contribution is -2.07. The number of hydrazone groups is 1. The SMILES string of the molecule is CCOc1cc(/C=N/NCc2ccccc2OC)cc(Br)c1OCc1ccc(Cl)cc1. The Morgan fingerprint density at radius 3 is 2.55 bits per heavy atom. The van der Waals surface area contributed by atoms with E-state index in [0.717, 1.165) is 26.9 Å². The van der Waals surface area contributed by atoms with Crippen molar-refractivity contribution in [1.82, 2.24) is 5.43 Å². The molecule has 3 aromatic rings. The molecule has 0 aliphatic heterocycles. The third-order valence-electron chi connectivity index (χ3n) is 4.40. The van der Waals surface area contributed by atoms with E-state index in [-0.39, 0.29) is 0 Å². The molecule has 0 aliphatic rings. The summed E-state index contributed by atoms with van der Waals surface area (Å²) in [7, 11) is 1.66. The average Bonchev–Trinajstić information content (AvgIpc) is 2.78. The molecule has 1 N–H and O–H groups in total. The predicted octanol–water partition coefficient (Wildman–Crippen LogP) is 6.21. The lowest BCUT2D eigenvalue weighted by molar-refractivity contribution is 0.267. The normalized spacial score (nSPS) is 10.8. The molecule has 0 saturated carbocycles. The first kappa shape index (κ1) is 23.0. The topological polar surface area (TPSA) is 52.1 Å². The van der Waals surface area contributed by atoms with Gasteiger partial charge in [-0.3, -0.25) is 0 Å². The van der Waals surface area contributed by atoms with E-state index in [4.69, 9.17) is 25.8 Å². The minimum absolute atomic E-state index is 0.406. The van der Waals surface area contributed by atoms with Crippen molar-refractivity contribution in [2.45, 2.75) is 20.1 Å². The second-order valence-corrected chi connectivity index (χ2v) is 7.87. The van der Waals surface area contributed by atoms with Crippen molar-refractivity contribution >= 4 is 33.7 Å². The number of methoxy groups -OCH3 is 1. The first-order chi connectivity index (χ1) is 15.1. The highest BCUT2D eigenvalue weighted by Crippen LogP contribution is 2.37. The Hall–Kier alpha value is -2.70. The van der Waals surface area contributed by atoms with Gasteiger partial charge in [0.25, 0.3) is 0 Å². The number of benzene rings is 3. The Morgan fingerprint density at radius 1 is 1.03 bits per heavy atom. The molecule has 7 heteroatoms. The fourth-order valence-corrected chi connectivity index (χ4v) is 3.60. The summed E-state index contributed by atoms with van der Waals surface area (Å²) in [5, 5.41) is 5.02. The van der Waals surface area contributed by atoms with Crippen LogP contribution in [-0.2, 0) is 13.2 Å². The van der Waals surface area contributed by atoms with Gasteiger partial charge in [0.2, 0.25) is 0 Å². The number of halogens is 2. The Balaban J connectivity index is 1.68. The largest absolute Gasteiger partial charge is 0.496 e. The first-order valence-corrected chi connectivity index (χ1v) is 11.0. The molecule has 162 valence electrons. The molecule has 3 rings (SSSR count). The summed E-state index contributed by atoms with van der Waals surface area (Å²) in [5.41, 5.74) is 5.98.